The molecule has 0 fully saturated rings. The first kappa shape index (κ1) is 16.4. The summed E-state index contributed by atoms with van der Waals surface area (Å²) >= 11 is 1.64. The number of hydrogen-bond acceptors (Lipinski definition) is 4. The zero-order chi connectivity index (χ0) is 19.2. The first-order valence-electron chi connectivity index (χ1n) is 9.35. The molecule has 3 aromatic carbocycles. The zero-order valence-corrected chi connectivity index (χ0v) is 16.2. The van der Waals surface area contributed by atoms with Gasteiger partial charge in [-0.3, -0.25) is 4.57 Å². The van der Waals surface area contributed by atoms with E-state index >= 15 is 0 Å². The molecule has 29 heavy (non-hydrogen) atoms. The summed E-state index contributed by atoms with van der Waals surface area (Å²) in [6.45, 7) is 0. The van der Waals surface area contributed by atoms with Crippen LogP contribution in [0.2, 0.25) is 0 Å². The molecule has 0 aliphatic carbocycles. The molecule has 3 heterocycles. The number of fused-ring (bicyclic) bond motifs is 5. The topological polar surface area (TPSA) is 52.4 Å². The van der Waals surface area contributed by atoms with Gasteiger partial charge in [0.05, 0.1) is 11.0 Å². The van der Waals surface area contributed by atoms with Gasteiger partial charge in [0.15, 0.2) is 0 Å². The van der Waals surface area contributed by atoms with E-state index in [1.54, 1.807) is 11.8 Å². The molecule has 6 aromatic rings. The van der Waals surface area contributed by atoms with Crippen molar-refractivity contribution in [3.63, 3.8) is 0 Å². The Morgan fingerprint density at radius 1 is 0.690 bits per heavy atom. The molecule has 0 saturated carbocycles. The molecule has 6 rings (SSSR count). The van der Waals surface area contributed by atoms with Crippen molar-refractivity contribution in [2.45, 2.75) is 10.9 Å². The highest BCUT2D eigenvalue weighted by molar-refractivity contribution is 7.98. The van der Waals surface area contributed by atoms with E-state index in [0.29, 0.717) is 0 Å². The molecule has 0 unspecified atom stereocenters. The Morgan fingerprint density at radius 2 is 1.38 bits per heavy atom. The number of nitrogens with zero attached hydrogens (tertiary/aromatic N) is 6. The van der Waals surface area contributed by atoms with Crippen molar-refractivity contribution in [2.75, 3.05) is 0 Å². The van der Waals surface area contributed by atoms with Crippen LogP contribution in [0.3, 0.4) is 0 Å². The zero-order valence-electron chi connectivity index (χ0n) is 15.4. The molecule has 140 valence electrons. The lowest BCUT2D eigenvalue weighted by Gasteiger charge is -2.04. The maximum Gasteiger partial charge on any atom is 0.260 e. The highest BCUT2D eigenvalue weighted by Crippen LogP contribution is 2.28. The van der Waals surface area contributed by atoms with E-state index in [0.717, 1.165) is 39.2 Å². The van der Waals surface area contributed by atoms with Gasteiger partial charge in [-0.1, -0.05) is 72.4 Å². The van der Waals surface area contributed by atoms with E-state index in [-0.39, 0.29) is 0 Å². The minimum absolute atomic E-state index is 0.724. The SMILES string of the molecule is c1ccc(CSc2nnc3n2nc2n(-c4ccccc4)c4ccccc4n23)cc1. The van der Waals surface area contributed by atoms with Crippen molar-refractivity contribution >= 4 is 34.4 Å². The number of para-hydroxylation sites is 3. The van der Waals surface area contributed by atoms with Gasteiger partial charge in [0.1, 0.15) is 0 Å². The number of hydrogen-bond donors (Lipinski definition) is 0. The molecule has 0 aliphatic rings. The largest absolute Gasteiger partial charge is 0.277 e. The highest BCUT2D eigenvalue weighted by Gasteiger charge is 2.20. The number of aromatic nitrogens is 6. The molecule has 0 atom stereocenters. The second kappa shape index (κ2) is 6.49. The molecule has 0 N–H and O–H groups in total. The van der Waals surface area contributed by atoms with Gasteiger partial charge in [-0.2, -0.15) is 4.52 Å². The maximum absolute atomic E-state index is 4.90. The predicted octanol–water partition coefficient (Wildman–Crippen LogP) is 4.61. The van der Waals surface area contributed by atoms with Crippen LogP contribution in [0.4, 0.5) is 0 Å². The Labute approximate surface area is 170 Å². The van der Waals surface area contributed by atoms with Crippen LogP contribution in [-0.2, 0) is 5.75 Å². The van der Waals surface area contributed by atoms with Gasteiger partial charge < -0.3 is 0 Å². The normalized spacial score (nSPS) is 11.7. The summed E-state index contributed by atoms with van der Waals surface area (Å²) in [6, 6.07) is 28.9. The molecule has 0 saturated heterocycles. The van der Waals surface area contributed by atoms with E-state index in [9.17, 15) is 0 Å². The first-order valence-corrected chi connectivity index (χ1v) is 10.3. The molecule has 0 amide bonds. The van der Waals surface area contributed by atoms with Crippen LogP contribution in [0.15, 0.2) is 90.1 Å². The summed E-state index contributed by atoms with van der Waals surface area (Å²) in [6.07, 6.45) is 0. The molecular weight excluding hydrogens is 380 g/mol. The molecule has 6 nitrogen and oxygen atoms in total. The molecule has 0 radical (unpaired) electrons. The number of rotatable bonds is 4. The molecule has 0 spiro atoms. The van der Waals surface area contributed by atoms with E-state index in [2.05, 4.69) is 67.7 Å². The van der Waals surface area contributed by atoms with Crippen LogP contribution in [0, 0.1) is 0 Å². The third kappa shape index (κ3) is 2.55. The van der Waals surface area contributed by atoms with Crippen LogP contribution in [-0.4, -0.2) is 28.8 Å². The number of benzene rings is 3. The second-order valence-corrected chi connectivity index (χ2v) is 7.71. The van der Waals surface area contributed by atoms with Gasteiger partial charge in [0.2, 0.25) is 10.9 Å². The second-order valence-electron chi connectivity index (χ2n) is 6.76. The van der Waals surface area contributed by atoms with Crippen molar-refractivity contribution < 1.29 is 0 Å². The van der Waals surface area contributed by atoms with Gasteiger partial charge in [0.25, 0.3) is 5.78 Å². The summed E-state index contributed by atoms with van der Waals surface area (Å²) in [7, 11) is 0. The lowest BCUT2D eigenvalue weighted by Crippen LogP contribution is -1.96. The molecule has 3 aromatic heterocycles. The fraction of sp³-hybridized carbons (Fsp3) is 0.0455. The summed E-state index contributed by atoms with van der Waals surface area (Å²) in [5.74, 6) is 2.37. The smallest absolute Gasteiger partial charge is 0.260 e. The monoisotopic (exact) mass is 396 g/mol. The summed E-state index contributed by atoms with van der Waals surface area (Å²) in [5, 5.41) is 14.5. The lowest BCUT2D eigenvalue weighted by atomic mass is 10.2. The minimum Gasteiger partial charge on any atom is -0.277 e. The van der Waals surface area contributed by atoms with Gasteiger partial charge in [-0.05, 0) is 29.8 Å². The average Bonchev–Trinajstić information content (AvgIpc) is 3.42. The Kier molecular flexibility index (Phi) is 3.67. The van der Waals surface area contributed by atoms with Crippen molar-refractivity contribution in [1.29, 1.82) is 0 Å². The lowest BCUT2D eigenvalue weighted by molar-refractivity contribution is 0.824. The Morgan fingerprint density at radius 3 is 2.17 bits per heavy atom. The first-order chi connectivity index (χ1) is 14.4. The van der Waals surface area contributed by atoms with Gasteiger partial charge >= 0.3 is 0 Å². The third-order valence-corrected chi connectivity index (χ3v) is 5.96. The minimum atomic E-state index is 0.724. The summed E-state index contributed by atoms with van der Waals surface area (Å²) in [5.41, 5.74) is 4.46. The fourth-order valence-electron chi connectivity index (χ4n) is 3.66. The average molecular weight is 396 g/mol. The molecule has 0 bridgehead atoms. The van der Waals surface area contributed by atoms with E-state index in [1.165, 1.54) is 5.56 Å². The molecule has 0 aliphatic heterocycles. The van der Waals surface area contributed by atoms with E-state index in [4.69, 9.17) is 5.10 Å². The Bertz CT molecular complexity index is 1450. The van der Waals surface area contributed by atoms with E-state index < -0.39 is 0 Å². The summed E-state index contributed by atoms with van der Waals surface area (Å²) < 4.78 is 6.08. The van der Waals surface area contributed by atoms with Crippen LogP contribution in [0.25, 0.3) is 28.3 Å². The van der Waals surface area contributed by atoms with Crippen LogP contribution in [0.1, 0.15) is 5.56 Å². The van der Waals surface area contributed by atoms with Gasteiger partial charge in [0, 0.05) is 11.4 Å². The standard InChI is InChI=1S/C22H16N6S/c1-3-9-16(10-4-1)15-29-22-24-23-20-27-19-14-8-7-13-18(19)26(21(27)25-28(20)22)17-11-5-2-6-12-17/h1-14H,15H2. The van der Waals surface area contributed by atoms with Crippen molar-refractivity contribution in [2.24, 2.45) is 0 Å². The maximum atomic E-state index is 4.90. The van der Waals surface area contributed by atoms with Crippen molar-refractivity contribution in [3.8, 4) is 5.69 Å². The van der Waals surface area contributed by atoms with Crippen LogP contribution >= 0.6 is 11.8 Å². The Hall–Kier alpha value is -3.58. The van der Waals surface area contributed by atoms with Gasteiger partial charge in [-0.15, -0.1) is 15.3 Å². The number of imidazole rings is 1. The van der Waals surface area contributed by atoms with E-state index in [1.807, 2.05) is 40.9 Å². The highest BCUT2D eigenvalue weighted by atomic mass is 32.2. The van der Waals surface area contributed by atoms with Crippen molar-refractivity contribution in [1.82, 2.24) is 28.8 Å². The Balaban J connectivity index is 1.55. The summed E-state index contributed by atoms with van der Waals surface area (Å²) in [4.78, 5) is 0. The van der Waals surface area contributed by atoms with Crippen LogP contribution in [0.5, 0.6) is 0 Å². The quantitative estimate of drug-likeness (QED) is 0.408. The molecule has 7 heteroatoms. The molecular formula is C22H16N6S. The predicted molar refractivity (Wildman–Crippen MR) is 115 cm³/mol. The van der Waals surface area contributed by atoms with Gasteiger partial charge in [-0.25, -0.2) is 4.40 Å². The van der Waals surface area contributed by atoms with Crippen LogP contribution < -0.4 is 0 Å². The third-order valence-electron chi connectivity index (χ3n) is 4.97. The fourth-order valence-corrected chi connectivity index (χ4v) is 4.49. The number of thioether (sulfide) groups is 1. The van der Waals surface area contributed by atoms with Crippen molar-refractivity contribution in [3.05, 3.63) is 90.5 Å².